The fourth-order valence-electron chi connectivity index (χ4n) is 2.12. The molecule has 2 aromatic rings. The molecule has 0 fully saturated rings. The fourth-order valence-corrected chi connectivity index (χ4v) is 2.37. The fraction of sp³-hybridized carbons (Fsp3) is 0.167. The van der Waals surface area contributed by atoms with E-state index >= 15 is 0 Å². The monoisotopic (exact) mass is 378 g/mol. The van der Waals surface area contributed by atoms with Crippen molar-refractivity contribution in [2.75, 3.05) is 13.1 Å². The molecule has 6 nitrogen and oxygen atoms in total. The molecule has 0 aliphatic carbocycles. The molecule has 0 aliphatic heterocycles. The van der Waals surface area contributed by atoms with Gasteiger partial charge in [0.2, 0.25) is 0 Å². The van der Waals surface area contributed by atoms with Crippen LogP contribution in [0.4, 0.5) is 4.39 Å². The summed E-state index contributed by atoms with van der Waals surface area (Å²) >= 11 is 5.81. The van der Waals surface area contributed by atoms with Crippen LogP contribution in [0.15, 0.2) is 42.5 Å². The van der Waals surface area contributed by atoms with E-state index in [1.807, 2.05) is 0 Å². The first kappa shape index (κ1) is 19.4. The van der Waals surface area contributed by atoms with Crippen LogP contribution >= 0.6 is 11.6 Å². The number of benzene rings is 2. The van der Waals surface area contributed by atoms with E-state index in [0.717, 1.165) is 6.07 Å². The van der Waals surface area contributed by atoms with Crippen molar-refractivity contribution in [1.29, 1.82) is 0 Å². The molecule has 0 aliphatic rings. The van der Waals surface area contributed by atoms with Crippen molar-refractivity contribution in [2.45, 2.75) is 6.92 Å². The summed E-state index contributed by atoms with van der Waals surface area (Å²) in [6.45, 7) is 1.46. The number of rotatable bonds is 6. The van der Waals surface area contributed by atoms with E-state index in [1.165, 1.54) is 25.1 Å². The third kappa shape index (κ3) is 5.29. The molecular formula is C18H16ClFN2O4. The third-order valence-electron chi connectivity index (χ3n) is 3.24. The number of carbonyl (C=O) groups excluding carboxylic acids is 3. The summed E-state index contributed by atoms with van der Waals surface area (Å²) in [6, 6.07) is 10.1. The molecule has 0 radical (unpaired) electrons. The summed E-state index contributed by atoms with van der Waals surface area (Å²) in [6.07, 6.45) is 0. The van der Waals surface area contributed by atoms with Crippen molar-refractivity contribution in [2.24, 2.45) is 0 Å². The van der Waals surface area contributed by atoms with E-state index in [1.54, 1.807) is 18.2 Å². The second-order valence-electron chi connectivity index (χ2n) is 5.23. The second kappa shape index (κ2) is 8.96. The van der Waals surface area contributed by atoms with Crippen molar-refractivity contribution in [3.8, 4) is 5.75 Å². The molecule has 0 atom stereocenters. The van der Waals surface area contributed by atoms with E-state index in [2.05, 4.69) is 10.6 Å². The van der Waals surface area contributed by atoms with Gasteiger partial charge >= 0.3 is 5.97 Å². The van der Waals surface area contributed by atoms with Crippen molar-refractivity contribution < 1.29 is 23.5 Å². The first-order valence-corrected chi connectivity index (χ1v) is 8.05. The lowest BCUT2D eigenvalue weighted by molar-refractivity contribution is -0.131. The predicted octanol–water partition coefficient (Wildman–Crippen LogP) is 2.56. The predicted molar refractivity (Wildman–Crippen MR) is 93.8 cm³/mol. The molecule has 0 aromatic heterocycles. The van der Waals surface area contributed by atoms with Gasteiger partial charge in [-0.05, 0) is 30.3 Å². The standard InChI is InChI=1S/C18H16ClFN2O4/c1-11(23)26-13-5-2-4-12(10-13)17(24)21-8-9-22-18(25)16-14(19)6-3-7-15(16)20/h2-7,10H,8-9H2,1H3,(H,21,24)(H,22,25). The Bertz CT molecular complexity index is 821. The molecule has 2 amide bonds. The van der Waals surface area contributed by atoms with Crippen LogP contribution in [-0.2, 0) is 4.79 Å². The highest BCUT2D eigenvalue weighted by molar-refractivity contribution is 6.33. The number of nitrogens with one attached hydrogen (secondary N) is 2. The number of carbonyl (C=O) groups is 3. The Morgan fingerprint density at radius 1 is 1.04 bits per heavy atom. The lowest BCUT2D eigenvalue weighted by atomic mass is 10.2. The van der Waals surface area contributed by atoms with Crippen LogP contribution in [0.1, 0.15) is 27.6 Å². The van der Waals surface area contributed by atoms with Crippen LogP contribution in [-0.4, -0.2) is 30.9 Å². The molecule has 2 rings (SSSR count). The molecule has 2 N–H and O–H groups in total. The summed E-state index contributed by atoms with van der Waals surface area (Å²) in [5.41, 5.74) is 0.0572. The SMILES string of the molecule is CC(=O)Oc1cccc(C(=O)NCCNC(=O)c2c(F)cccc2Cl)c1. The first-order valence-electron chi connectivity index (χ1n) is 7.67. The van der Waals surface area contributed by atoms with Gasteiger partial charge in [0.15, 0.2) is 0 Å². The van der Waals surface area contributed by atoms with Gasteiger partial charge in [-0.25, -0.2) is 4.39 Å². The molecule has 0 heterocycles. The first-order chi connectivity index (χ1) is 12.4. The van der Waals surface area contributed by atoms with Crippen molar-refractivity contribution in [3.63, 3.8) is 0 Å². The van der Waals surface area contributed by atoms with Crippen LogP contribution in [0.3, 0.4) is 0 Å². The maximum atomic E-state index is 13.6. The van der Waals surface area contributed by atoms with E-state index < -0.39 is 23.6 Å². The number of hydrogen-bond donors (Lipinski definition) is 2. The lowest BCUT2D eigenvalue weighted by Crippen LogP contribution is -2.35. The normalized spacial score (nSPS) is 10.1. The van der Waals surface area contributed by atoms with Crippen LogP contribution in [0.5, 0.6) is 5.75 Å². The maximum Gasteiger partial charge on any atom is 0.308 e. The number of ether oxygens (including phenoxy) is 1. The van der Waals surface area contributed by atoms with Gasteiger partial charge in [-0.2, -0.15) is 0 Å². The molecule has 0 unspecified atom stereocenters. The van der Waals surface area contributed by atoms with Gasteiger partial charge in [-0.1, -0.05) is 23.7 Å². The Morgan fingerprint density at radius 2 is 1.69 bits per heavy atom. The minimum Gasteiger partial charge on any atom is -0.427 e. The summed E-state index contributed by atoms with van der Waals surface area (Å²) in [5, 5.41) is 5.08. The molecular weight excluding hydrogens is 363 g/mol. The number of hydrogen-bond acceptors (Lipinski definition) is 4. The van der Waals surface area contributed by atoms with Gasteiger partial charge in [-0.3, -0.25) is 14.4 Å². The summed E-state index contributed by atoms with van der Waals surface area (Å²) < 4.78 is 18.5. The Morgan fingerprint density at radius 3 is 2.35 bits per heavy atom. The topological polar surface area (TPSA) is 84.5 Å². The number of halogens is 2. The van der Waals surface area contributed by atoms with Crippen molar-refractivity contribution in [3.05, 3.63) is 64.4 Å². The maximum absolute atomic E-state index is 13.6. The minimum atomic E-state index is -0.721. The Kier molecular flexibility index (Phi) is 6.68. The average Bonchev–Trinajstić information content (AvgIpc) is 2.58. The van der Waals surface area contributed by atoms with E-state index in [-0.39, 0.29) is 29.4 Å². The van der Waals surface area contributed by atoms with Gasteiger partial charge in [0.05, 0.1) is 10.6 Å². The highest BCUT2D eigenvalue weighted by atomic mass is 35.5. The van der Waals surface area contributed by atoms with Gasteiger partial charge in [0.1, 0.15) is 11.6 Å². The molecule has 0 spiro atoms. The highest BCUT2D eigenvalue weighted by Gasteiger charge is 2.15. The zero-order chi connectivity index (χ0) is 19.1. The number of amides is 2. The quantitative estimate of drug-likeness (QED) is 0.459. The van der Waals surface area contributed by atoms with Gasteiger partial charge in [-0.15, -0.1) is 0 Å². The van der Waals surface area contributed by atoms with Crippen LogP contribution in [0.25, 0.3) is 0 Å². The zero-order valence-corrected chi connectivity index (χ0v) is 14.6. The third-order valence-corrected chi connectivity index (χ3v) is 3.56. The van der Waals surface area contributed by atoms with Crippen LogP contribution in [0.2, 0.25) is 5.02 Å². The molecule has 0 saturated heterocycles. The highest BCUT2D eigenvalue weighted by Crippen LogP contribution is 2.18. The van der Waals surface area contributed by atoms with E-state index in [0.29, 0.717) is 5.56 Å². The van der Waals surface area contributed by atoms with Crippen LogP contribution < -0.4 is 15.4 Å². The Balaban J connectivity index is 1.85. The molecule has 136 valence electrons. The average molecular weight is 379 g/mol. The van der Waals surface area contributed by atoms with E-state index in [9.17, 15) is 18.8 Å². The number of esters is 1. The second-order valence-corrected chi connectivity index (χ2v) is 5.64. The largest absolute Gasteiger partial charge is 0.427 e. The Hall–Kier alpha value is -2.93. The molecule has 0 bridgehead atoms. The summed E-state index contributed by atoms with van der Waals surface area (Å²) in [4.78, 5) is 34.9. The smallest absolute Gasteiger partial charge is 0.308 e. The van der Waals surface area contributed by atoms with Crippen molar-refractivity contribution in [1.82, 2.24) is 10.6 Å². The summed E-state index contributed by atoms with van der Waals surface area (Å²) in [5.74, 6) is -2.03. The van der Waals surface area contributed by atoms with Gasteiger partial charge in [0, 0.05) is 25.6 Å². The van der Waals surface area contributed by atoms with Gasteiger partial charge in [0.25, 0.3) is 11.8 Å². The lowest BCUT2D eigenvalue weighted by Gasteiger charge is -2.09. The minimum absolute atomic E-state index is 0.00817. The molecule has 2 aromatic carbocycles. The van der Waals surface area contributed by atoms with Crippen molar-refractivity contribution >= 4 is 29.4 Å². The van der Waals surface area contributed by atoms with Crippen LogP contribution in [0, 0.1) is 5.82 Å². The molecule has 26 heavy (non-hydrogen) atoms. The van der Waals surface area contributed by atoms with Gasteiger partial charge < -0.3 is 15.4 Å². The molecule has 8 heteroatoms. The summed E-state index contributed by atoms with van der Waals surface area (Å²) in [7, 11) is 0. The Labute approximate surface area is 154 Å². The zero-order valence-electron chi connectivity index (χ0n) is 13.8. The van der Waals surface area contributed by atoms with E-state index in [4.69, 9.17) is 16.3 Å². The molecule has 0 saturated carbocycles.